The molecule has 0 unspecified atom stereocenters. The van der Waals surface area contributed by atoms with Crippen molar-refractivity contribution in [2.45, 2.75) is 26.2 Å². The highest BCUT2D eigenvalue weighted by Gasteiger charge is 2.29. The lowest BCUT2D eigenvalue weighted by Crippen LogP contribution is -2.15. The van der Waals surface area contributed by atoms with Gasteiger partial charge in [0.1, 0.15) is 0 Å². The third-order valence-corrected chi connectivity index (χ3v) is 4.91. The summed E-state index contributed by atoms with van der Waals surface area (Å²) in [7, 11) is 1.23. The largest absolute Gasteiger partial charge is 0.494 e. The van der Waals surface area contributed by atoms with Crippen molar-refractivity contribution in [3.05, 3.63) is 94.5 Å². The SMILES string of the molecule is C=C(OC)/C(F)=C1/Oc2c(cc(CCc3ccc(OCC)c(F)c3)c(F)c2F)CC1=C. The minimum atomic E-state index is -1.22. The molecule has 31 heavy (non-hydrogen) atoms. The Kier molecular flexibility index (Phi) is 6.73. The molecule has 1 heterocycles. The van der Waals surface area contributed by atoms with Crippen molar-refractivity contribution in [3.8, 4) is 11.5 Å². The Bertz CT molecular complexity index is 1070. The number of hydrogen-bond donors (Lipinski definition) is 0. The summed E-state index contributed by atoms with van der Waals surface area (Å²) < 4.78 is 73.0. The van der Waals surface area contributed by atoms with Crippen LogP contribution in [-0.4, -0.2) is 13.7 Å². The highest BCUT2D eigenvalue weighted by Crippen LogP contribution is 2.39. The van der Waals surface area contributed by atoms with Crippen molar-refractivity contribution in [2.24, 2.45) is 0 Å². The highest BCUT2D eigenvalue weighted by atomic mass is 19.2. The molecule has 0 saturated carbocycles. The van der Waals surface area contributed by atoms with Crippen LogP contribution in [0.15, 0.2) is 60.3 Å². The van der Waals surface area contributed by atoms with Crippen molar-refractivity contribution in [3.63, 3.8) is 0 Å². The zero-order valence-corrected chi connectivity index (χ0v) is 17.3. The number of aryl methyl sites for hydroxylation is 2. The van der Waals surface area contributed by atoms with E-state index in [1.807, 2.05) is 0 Å². The summed E-state index contributed by atoms with van der Waals surface area (Å²) in [5.74, 6) is -4.65. The summed E-state index contributed by atoms with van der Waals surface area (Å²) in [6.07, 6.45) is 0.484. The van der Waals surface area contributed by atoms with Crippen LogP contribution >= 0.6 is 0 Å². The fourth-order valence-corrected chi connectivity index (χ4v) is 3.30. The Morgan fingerprint density at radius 2 is 1.87 bits per heavy atom. The quantitative estimate of drug-likeness (QED) is 0.388. The zero-order chi connectivity index (χ0) is 22.7. The first-order chi connectivity index (χ1) is 14.8. The molecular formula is C24H22F4O3. The molecule has 7 heteroatoms. The van der Waals surface area contributed by atoms with Gasteiger partial charge in [0.2, 0.25) is 11.6 Å². The summed E-state index contributed by atoms with van der Waals surface area (Å²) in [5.41, 5.74) is 1.31. The molecule has 164 valence electrons. The van der Waals surface area contributed by atoms with Crippen LogP contribution in [0.25, 0.3) is 0 Å². The van der Waals surface area contributed by atoms with Gasteiger partial charge in [0.25, 0.3) is 0 Å². The van der Waals surface area contributed by atoms with Gasteiger partial charge in [-0.05, 0) is 54.7 Å². The average molecular weight is 434 g/mol. The number of methoxy groups -OCH3 is 1. The molecule has 0 atom stereocenters. The van der Waals surface area contributed by atoms with Gasteiger partial charge >= 0.3 is 0 Å². The van der Waals surface area contributed by atoms with Crippen LogP contribution in [-0.2, 0) is 24.0 Å². The molecule has 0 N–H and O–H groups in total. The first kappa shape index (κ1) is 22.5. The Labute approximate surface area is 178 Å². The lowest BCUT2D eigenvalue weighted by Gasteiger charge is -2.24. The minimum absolute atomic E-state index is 0.0664. The van der Waals surface area contributed by atoms with E-state index in [-0.39, 0.29) is 47.7 Å². The normalized spacial score (nSPS) is 14.6. The van der Waals surface area contributed by atoms with Gasteiger partial charge in [0.05, 0.1) is 13.7 Å². The number of rotatable bonds is 7. The average Bonchev–Trinajstić information content (AvgIpc) is 2.75. The number of ether oxygens (including phenoxy) is 3. The van der Waals surface area contributed by atoms with Crippen LogP contribution in [0.3, 0.4) is 0 Å². The fraction of sp³-hybridized carbons (Fsp3) is 0.250. The smallest absolute Gasteiger partial charge is 0.207 e. The van der Waals surface area contributed by atoms with Crippen molar-refractivity contribution in [2.75, 3.05) is 13.7 Å². The van der Waals surface area contributed by atoms with Gasteiger partial charge < -0.3 is 14.2 Å². The minimum Gasteiger partial charge on any atom is -0.494 e. The van der Waals surface area contributed by atoms with Gasteiger partial charge in [-0.15, -0.1) is 0 Å². The van der Waals surface area contributed by atoms with E-state index in [0.29, 0.717) is 17.7 Å². The van der Waals surface area contributed by atoms with E-state index in [2.05, 4.69) is 13.2 Å². The van der Waals surface area contributed by atoms with E-state index in [0.717, 1.165) is 0 Å². The summed E-state index contributed by atoms with van der Waals surface area (Å²) >= 11 is 0. The van der Waals surface area contributed by atoms with E-state index in [1.165, 1.54) is 25.3 Å². The molecule has 1 aliphatic heterocycles. The summed E-state index contributed by atoms with van der Waals surface area (Å²) in [5, 5.41) is 0. The molecular weight excluding hydrogens is 412 g/mol. The maximum atomic E-state index is 14.7. The molecule has 0 spiro atoms. The molecule has 0 fully saturated rings. The number of halogens is 4. The van der Waals surface area contributed by atoms with Crippen LogP contribution in [0, 0.1) is 17.5 Å². The number of benzene rings is 2. The molecule has 0 radical (unpaired) electrons. The Morgan fingerprint density at radius 3 is 2.52 bits per heavy atom. The Hall–Kier alpha value is -3.22. The van der Waals surface area contributed by atoms with Crippen molar-refractivity contribution < 1.29 is 31.8 Å². The van der Waals surface area contributed by atoms with Gasteiger partial charge in [-0.2, -0.15) is 8.78 Å². The molecule has 3 nitrogen and oxygen atoms in total. The lowest BCUT2D eigenvalue weighted by atomic mass is 9.95. The molecule has 0 saturated heterocycles. The van der Waals surface area contributed by atoms with Crippen molar-refractivity contribution in [1.29, 1.82) is 0 Å². The highest BCUT2D eigenvalue weighted by molar-refractivity contribution is 5.51. The first-order valence-electron chi connectivity index (χ1n) is 9.66. The van der Waals surface area contributed by atoms with Gasteiger partial charge in [-0.3, -0.25) is 0 Å². The molecule has 0 bridgehead atoms. The van der Waals surface area contributed by atoms with Gasteiger partial charge in [-0.25, -0.2) is 8.78 Å². The van der Waals surface area contributed by atoms with E-state index >= 15 is 0 Å². The molecule has 0 amide bonds. The van der Waals surface area contributed by atoms with Crippen molar-refractivity contribution in [1.82, 2.24) is 0 Å². The van der Waals surface area contributed by atoms with Gasteiger partial charge in [0, 0.05) is 12.0 Å². The monoisotopic (exact) mass is 434 g/mol. The topological polar surface area (TPSA) is 27.7 Å². The fourth-order valence-electron chi connectivity index (χ4n) is 3.30. The Balaban J connectivity index is 1.85. The lowest BCUT2D eigenvalue weighted by molar-refractivity contribution is 0.272. The zero-order valence-electron chi connectivity index (χ0n) is 17.3. The molecule has 0 aromatic heterocycles. The molecule has 3 rings (SSSR count). The second-order valence-electron chi connectivity index (χ2n) is 7.00. The predicted molar refractivity (Wildman–Crippen MR) is 109 cm³/mol. The van der Waals surface area contributed by atoms with Crippen LogP contribution in [0.5, 0.6) is 11.5 Å². The van der Waals surface area contributed by atoms with Gasteiger partial charge in [0.15, 0.2) is 34.7 Å². The van der Waals surface area contributed by atoms with Crippen LogP contribution < -0.4 is 9.47 Å². The van der Waals surface area contributed by atoms with E-state index in [1.54, 1.807) is 13.0 Å². The predicted octanol–water partition coefficient (Wildman–Crippen LogP) is 6.12. The number of fused-ring (bicyclic) bond motifs is 1. The second kappa shape index (κ2) is 9.29. The van der Waals surface area contributed by atoms with Crippen molar-refractivity contribution >= 4 is 0 Å². The third kappa shape index (κ3) is 4.60. The van der Waals surface area contributed by atoms with Crippen LogP contribution in [0.4, 0.5) is 17.6 Å². The van der Waals surface area contributed by atoms with Crippen LogP contribution in [0.2, 0.25) is 0 Å². The number of allylic oxidation sites excluding steroid dienone is 2. The third-order valence-electron chi connectivity index (χ3n) is 4.91. The summed E-state index contributed by atoms with van der Waals surface area (Å²) in [6, 6.07) is 5.95. The van der Waals surface area contributed by atoms with E-state index < -0.39 is 29.0 Å². The molecule has 2 aromatic carbocycles. The molecule has 1 aliphatic rings. The van der Waals surface area contributed by atoms with Gasteiger partial charge in [-0.1, -0.05) is 19.2 Å². The standard InChI is InChI=1S/C24H22F4O3/c1-5-30-19-9-7-15(11-18(19)25)6-8-16-12-17-10-13(2)23(20(26)14(3)29-4)31-24(17)22(28)21(16)27/h7,9,11-12H,2-3,5-6,8,10H2,1,4H3/b23-20-. The maximum absolute atomic E-state index is 14.7. The summed E-state index contributed by atoms with van der Waals surface area (Å²) in [4.78, 5) is 0. The first-order valence-corrected chi connectivity index (χ1v) is 9.66. The Morgan fingerprint density at radius 1 is 1.13 bits per heavy atom. The number of hydrogen-bond acceptors (Lipinski definition) is 3. The summed E-state index contributed by atoms with van der Waals surface area (Å²) in [6.45, 7) is 9.23. The van der Waals surface area contributed by atoms with E-state index in [4.69, 9.17) is 14.2 Å². The second-order valence-corrected chi connectivity index (χ2v) is 7.00. The molecule has 2 aromatic rings. The van der Waals surface area contributed by atoms with Crippen LogP contribution in [0.1, 0.15) is 23.6 Å². The molecule has 0 aliphatic carbocycles. The van der Waals surface area contributed by atoms with E-state index in [9.17, 15) is 17.6 Å². The maximum Gasteiger partial charge on any atom is 0.207 e.